The minimum Gasteiger partial charge on any atom is -0.481 e. The Labute approximate surface area is 122 Å². The van der Waals surface area contributed by atoms with Gasteiger partial charge in [-0.15, -0.1) is 11.8 Å². The molecule has 114 valence electrons. The van der Waals surface area contributed by atoms with Crippen molar-refractivity contribution in [3.05, 3.63) is 0 Å². The molecule has 0 aromatic carbocycles. The van der Waals surface area contributed by atoms with E-state index in [9.17, 15) is 9.90 Å². The lowest BCUT2D eigenvalue weighted by molar-refractivity contribution is -0.137. The van der Waals surface area contributed by atoms with E-state index in [-0.39, 0.29) is 6.42 Å². The van der Waals surface area contributed by atoms with Gasteiger partial charge < -0.3 is 10.2 Å². The monoisotopic (exact) mass is 290 g/mol. The van der Waals surface area contributed by atoms with Crippen molar-refractivity contribution in [2.24, 2.45) is 0 Å². The van der Waals surface area contributed by atoms with Crippen molar-refractivity contribution in [3.8, 4) is 0 Å². The molecule has 0 spiro atoms. The number of unbranched alkanes of at least 4 members (excludes halogenated alkanes) is 7. The van der Waals surface area contributed by atoms with Crippen LogP contribution in [0.2, 0.25) is 0 Å². The SMILES string of the molecule is CCCCCCCCCCSC(C)(O)CCC(=O)O. The maximum atomic E-state index is 10.4. The minimum absolute atomic E-state index is 0.0391. The van der Waals surface area contributed by atoms with Crippen LogP contribution >= 0.6 is 11.8 Å². The number of carboxylic acids is 1. The molecule has 0 rings (SSSR count). The van der Waals surface area contributed by atoms with Gasteiger partial charge in [-0.1, -0.05) is 51.9 Å². The second kappa shape index (κ2) is 11.6. The van der Waals surface area contributed by atoms with Crippen LogP contribution < -0.4 is 0 Å². The van der Waals surface area contributed by atoms with E-state index in [4.69, 9.17) is 5.11 Å². The third-order valence-corrected chi connectivity index (χ3v) is 4.53. The van der Waals surface area contributed by atoms with E-state index in [1.165, 1.54) is 56.7 Å². The standard InChI is InChI=1S/C15H30O3S/c1-3-4-5-6-7-8-9-10-13-19-15(2,18)12-11-14(16)17/h18H,3-13H2,1-2H3,(H,16,17). The molecule has 0 amide bonds. The second-order valence-electron chi connectivity index (χ2n) is 5.39. The van der Waals surface area contributed by atoms with E-state index in [0.29, 0.717) is 6.42 Å². The second-order valence-corrected chi connectivity index (χ2v) is 6.97. The van der Waals surface area contributed by atoms with E-state index in [0.717, 1.165) is 12.2 Å². The van der Waals surface area contributed by atoms with Crippen LogP contribution in [0.25, 0.3) is 0 Å². The third kappa shape index (κ3) is 14.0. The lowest BCUT2D eigenvalue weighted by Crippen LogP contribution is -2.21. The number of aliphatic carboxylic acids is 1. The smallest absolute Gasteiger partial charge is 0.303 e. The molecular weight excluding hydrogens is 260 g/mol. The highest BCUT2D eigenvalue weighted by atomic mass is 32.2. The van der Waals surface area contributed by atoms with Gasteiger partial charge in [-0.05, 0) is 25.5 Å². The Morgan fingerprint density at radius 3 is 2.11 bits per heavy atom. The fourth-order valence-corrected chi connectivity index (χ4v) is 2.97. The van der Waals surface area contributed by atoms with Crippen LogP contribution in [-0.4, -0.2) is 26.9 Å². The summed E-state index contributed by atoms with van der Waals surface area (Å²) in [5, 5.41) is 18.5. The van der Waals surface area contributed by atoms with E-state index in [1.54, 1.807) is 6.92 Å². The molecule has 0 fully saturated rings. The summed E-state index contributed by atoms with van der Waals surface area (Å²) in [6.07, 6.45) is 10.6. The van der Waals surface area contributed by atoms with E-state index < -0.39 is 10.9 Å². The third-order valence-electron chi connectivity index (χ3n) is 3.21. The molecule has 0 heterocycles. The van der Waals surface area contributed by atoms with Crippen LogP contribution in [0.15, 0.2) is 0 Å². The molecular formula is C15H30O3S. The van der Waals surface area contributed by atoms with E-state index in [1.807, 2.05) is 0 Å². The van der Waals surface area contributed by atoms with E-state index >= 15 is 0 Å². The molecule has 0 bridgehead atoms. The maximum Gasteiger partial charge on any atom is 0.303 e. The Balaban J connectivity index is 3.35. The van der Waals surface area contributed by atoms with Gasteiger partial charge >= 0.3 is 5.97 Å². The Kier molecular flexibility index (Phi) is 11.5. The van der Waals surface area contributed by atoms with Crippen LogP contribution in [0.4, 0.5) is 0 Å². The summed E-state index contributed by atoms with van der Waals surface area (Å²) in [5.41, 5.74) is 0. The maximum absolute atomic E-state index is 10.4. The Morgan fingerprint density at radius 2 is 1.58 bits per heavy atom. The van der Waals surface area contributed by atoms with Crippen LogP contribution in [0.5, 0.6) is 0 Å². The lowest BCUT2D eigenvalue weighted by atomic mass is 10.1. The number of carboxylic acid groups (broad SMARTS) is 1. The number of aliphatic hydroxyl groups is 1. The minimum atomic E-state index is -0.889. The van der Waals surface area contributed by atoms with Crippen molar-refractivity contribution >= 4 is 17.7 Å². The summed E-state index contributed by atoms with van der Waals surface area (Å²) >= 11 is 1.48. The predicted octanol–water partition coefficient (Wildman–Crippen LogP) is 4.43. The predicted molar refractivity (Wildman–Crippen MR) is 82.6 cm³/mol. The van der Waals surface area contributed by atoms with Gasteiger partial charge in [-0.25, -0.2) is 0 Å². The van der Waals surface area contributed by atoms with Crippen molar-refractivity contribution in [3.63, 3.8) is 0 Å². The van der Waals surface area contributed by atoms with Crippen molar-refractivity contribution in [1.29, 1.82) is 0 Å². The summed E-state index contributed by atoms with van der Waals surface area (Å²) in [6, 6.07) is 0. The highest BCUT2D eigenvalue weighted by molar-refractivity contribution is 8.00. The molecule has 1 atom stereocenters. The van der Waals surface area contributed by atoms with Crippen LogP contribution in [0.3, 0.4) is 0 Å². The van der Waals surface area contributed by atoms with Gasteiger partial charge in [0.05, 0.1) is 0 Å². The number of thioether (sulfide) groups is 1. The fraction of sp³-hybridized carbons (Fsp3) is 0.933. The highest BCUT2D eigenvalue weighted by Gasteiger charge is 2.21. The fourth-order valence-electron chi connectivity index (χ4n) is 1.94. The molecule has 0 aromatic rings. The molecule has 0 aliphatic carbocycles. The van der Waals surface area contributed by atoms with Gasteiger partial charge in [-0.3, -0.25) is 4.79 Å². The van der Waals surface area contributed by atoms with E-state index in [2.05, 4.69) is 6.92 Å². The molecule has 4 heteroatoms. The normalized spacial score (nSPS) is 14.3. The number of hydrogen-bond acceptors (Lipinski definition) is 3. The van der Waals surface area contributed by atoms with Gasteiger partial charge in [0.1, 0.15) is 4.93 Å². The first-order valence-corrected chi connectivity index (χ1v) is 8.54. The Hall–Kier alpha value is -0.220. The molecule has 0 aliphatic rings. The zero-order valence-corrected chi connectivity index (χ0v) is 13.3. The zero-order chi connectivity index (χ0) is 14.6. The van der Waals surface area contributed by atoms with Crippen molar-refractivity contribution in [1.82, 2.24) is 0 Å². The lowest BCUT2D eigenvalue weighted by Gasteiger charge is -2.21. The summed E-state index contributed by atoms with van der Waals surface area (Å²) in [7, 11) is 0. The summed E-state index contributed by atoms with van der Waals surface area (Å²) in [5.74, 6) is 0.0784. The first kappa shape index (κ1) is 18.8. The van der Waals surface area contributed by atoms with Crippen molar-refractivity contribution in [2.45, 2.75) is 83.0 Å². The average Bonchev–Trinajstić information content (AvgIpc) is 2.34. The zero-order valence-electron chi connectivity index (χ0n) is 12.5. The topological polar surface area (TPSA) is 57.5 Å². The largest absolute Gasteiger partial charge is 0.481 e. The summed E-state index contributed by atoms with van der Waals surface area (Å²) in [4.78, 5) is 9.56. The summed E-state index contributed by atoms with van der Waals surface area (Å²) in [6.45, 7) is 3.94. The van der Waals surface area contributed by atoms with Gasteiger partial charge in [0.2, 0.25) is 0 Å². The van der Waals surface area contributed by atoms with Crippen molar-refractivity contribution in [2.75, 3.05) is 5.75 Å². The molecule has 19 heavy (non-hydrogen) atoms. The van der Waals surface area contributed by atoms with Crippen LogP contribution in [-0.2, 0) is 4.79 Å². The van der Waals surface area contributed by atoms with Crippen LogP contribution in [0, 0.1) is 0 Å². The van der Waals surface area contributed by atoms with Crippen molar-refractivity contribution < 1.29 is 15.0 Å². The first-order valence-electron chi connectivity index (χ1n) is 7.56. The number of rotatable bonds is 13. The quantitative estimate of drug-likeness (QED) is 0.389. The van der Waals surface area contributed by atoms with Gasteiger partial charge in [0, 0.05) is 6.42 Å². The molecule has 0 radical (unpaired) electrons. The molecule has 0 aromatic heterocycles. The molecule has 0 saturated carbocycles. The summed E-state index contributed by atoms with van der Waals surface area (Å²) < 4.78 is 0. The van der Waals surface area contributed by atoms with Gasteiger partial charge in [0.15, 0.2) is 0 Å². The molecule has 1 unspecified atom stereocenters. The average molecular weight is 290 g/mol. The first-order chi connectivity index (χ1) is 8.98. The van der Waals surface area contributed by atoms with Gasteiger partial charge in [0.25, 0.3) is 0 Å². The highest BCUT2D eigenvalue weighted by Crippen LogP contribution is 2.28. The molecule has 3 nitrogen and oxygen atoms in total. The number of carbonyl (C=O) groups is 1. The van der Waals surface area contributed by atoms with Gasteiger partial charge in [-0.2, -0.15) is 0 Å². The Bertz CT molecular complexity index is 229. The molecule has 2 N–H and O–H groups in total. The molecule has 0 aliphatic heterocycles. The Morgan fingerprint density at radius 1 is 1.05 bits per heavy atom. The number of hydrogen-bond donors (Lipinski definition) is 2. The van der Waals surface area contributed by atoms with Crippen LogP contribution in [0.1, 0.15) is 78.1 Å². The molecule has 0 saturated heterocycles.